The van der Waals surface area contributed by atoms with Crippen molar-refractivity contribution in [1.82, 2.24) is 15.3 Å². The predicted molar refractivity (Wildman–Crippen MR) is 79.9 cm³/mol. The van der Waals surface area contributed by atoms with Crippen molar-refractivity contribution >= 4 is 33.9 Å². The monoisotopic (exact) mass is 274 g/mol. The Balaban J connectivity index is 2.08. The van der Waals surface area contributed by atoms with E-state index < -0.39 is 0 Å². The average Bonchev–Trinajstić information content (AvgIpc) is 2.82. The molecule has 0 radical (unpaired) electrons. The fraction of sp³-hybridized carbons (Fsp3) is 0.214. The topological polar surface area (TPSA) is 66.7 Å². The van der Waals surface area contributed by atoms with Crippen LogP contribution in [0.25, 0.3) is 16.6 Å². The summed E-state index contributed by atoms with van der Waals surface area (Å²) < 4.78 is 0. The lowest BCUT2D eigenvalue weighted by atomic mass is 10.0. The first-order valence-corrected chi connectivity index (χ1v) is 6.56. The average molecular weight is 275 g/mol. The number of allylic oxidation sites excluding steroid dienone is 2. The van der Waals surface area contributed by atoms with Crippen LogP contribution in [0.4, 0.5) is 5.69 Å². The Kier molecular flexibility index (Phi) is 3.05. The molecule has 2 aromatic rings. The molecule has 1 atom stereocenters. The Morgan fingerprint density at radius 1 is 1.47 bits per heavy atom. The van der Waals surface area contributed by atoms with Crippen molar-refractivity contribution in [3.05, 3.63) is 41.2 Å². The van der Waals surface area contributed by atoms with E-state index in [1.54, 1.807) is 0 Å². The van der Waals surface area contributed by atoms with Gasteiger partial charge < -0.3 is 16.0 Å². The van der Waals surface area contributed by atoms with Gasteiger partial charge >= 0.3 is 0 Å². The summed E-state index contributed by atoms with van der Waals surface area (Å²) in [7, 11) is 1.94. The molecule has 1 heterocycles. The quantitative estimate of drug-likeness (QED) is 0.738. The van der Waals surface area contributed by atoms with E-state index in [0.717, 1.165) is 39.6 Å². The SMILES string of the molecule is CNC1C=C(c2nc3ccc(N)cc3[nH]2)C(Cl)=CC1. The standard InChI is InChI=1S/C14H15ClN4/c1-17-9-3-4-11(15)10(7-9)14-18-12-5-2-8(16)6-13(12)19-14/h2,4-7,9,17H,3,16H2,1H3,(H,18,19). The molecule has 1 aliphatic rings. The zero-order valence-corrected chi connectivity index (χ0v) is 11.3. The highest BCUT2D eigenvalue weighted by molar-refractivity contribution is 6.37. The number of likely N-dealkylation sites (N-methyl/N-ethyl adjacent to an activating group) is 1. The summed E-state index contributed by atoms with van der Waals surface area (Å²) >= 11 is 6.28. The molecule has 1 aromatic carbocycles. The fourth-order valence-electron chi connectivity index (χ4n) is 2.24. The van der Waals surface area contributed by atoms with Crippen molar-refractivity contribution in [2.75, 3.05) is 12.8 Å². The summed E-state index contributed by atoms with van der Waals surface area (Å²) in [6.45, 7) is 0. The van der Waals surface area contributed by atoms with E-state index in [-0.39, 0.29) is 6.04 Å². The molecule has 5 heteroatoms. The Labute approximate surface area is 116 Å². The van der Waals surface area contributed by atoms with E-state index >= 15 is 0 Å². The molecule has 0 fully saturated rings. The van der Waals surface area contributed by atoms with Gasteiger partial charge in [0.2, 0.25) is 0 Å². The number of nitrogen functional groups attached to an aromatic ring is 1. The van der Waals surface area contributed by atoms with Crippen LogP contribution in [0.1, 0.15) is 12.2 Å². The third-order valence-corrected chi connectivity index (χ3v) is 3.67. The molecule has 4 N–H and O–H groups in total. The second kappa shape index (κ2) is 4.72. The first-order chi connectivity index (χ1) is 9.17. The third-order valence-electron chi connectivity index (χ3n) is 3.31. The molecule has 1 unspecified atom stereocenters. The number of nitrogens with zero attached hydrogens (tertiary/aromatic N) is 1. The molecule has 1 aliphatic carbocycles. The van der Waals surface area contributed by atoms with E-state index in [0.29, 0.717) is 0 Å². The molecular formula is C14H15ClN4. The number of aromatic amines is 1. The van der Waals surface area contributed by atoms with E-state index in [9.17, 15) is 0 Å². The fourth-order valence-corrected chi connectivity index (χ4v) is 2.48. The largest absolute Gasteiger partial charge is 0.399 e. The lowest BCUT2D eigenvalue weighted by Crippen LogP contribution is -2.24. The first kappa shape index (κ1) is 12.3. The van der Waals surface area contributed by atoms with Gasteiger partial charge in [0, 0.05) is 22.3 Å². The van der Waals surface area contributed by atoms with Crippen LogP contribution in [0.2, 0.25) is 0 Å². The van der Waals surface area contributed by atoms with Crippen molar-refractivity contribution in [1.29, 1.82) is 0 Å². The van der Waals surface area contributed by atoms with Crippen molar-refractivity contribution < 1.29 is 0 Å². The Morgan fingerprint density at radius 2 is 2.32 bits per heavy atom. The molecule has 0 spiro atoms. The van der Waals surface area contributed by atoms with Gasteiger partial charge in [-0.15, -0.1) is 0 Å². The molecule has 3 rings (SSSR count). The lowest BCUT2D eigenvalue weighted by Gasteiger charge is -2.17. The minimum absolute atomic E-state index is 0.288. The lowest BCUT2D eigenvalue weighted by molar-refractivity contribution is 0.673. The normalized spacial score (nSPS) is 19.4. The Hall–Kier alpha value is -1.78. The zero-order chi connectivity index (χ0) is 13.4. The van der Waals surface area contributed by atoms with Crippen LogP contribution in [-0.4, -0.2) is 23.1 Å². The highest BCUT2D eigenvalue weighted by Gasteiger charge is 2.17. The van der Waals surface area contributed by atoms with Crippen molar-refractivity contribution in [2.45, 2.75) is 12.5 Å². The van der Waals surface area contributed by atoms with Gasteiger partial charge in [0.1, 0.15) is 5.82 Å². The second-order valence-corrected chi connectivity index (χ2v) is 5.03. The van der Waals surface area contributed by atoms with Gasteiger partial charge in [0.15, 0.2) is 0 Å². The predicted octanol–water partition coefficient (Wildman–Crippen LogP) is 2.64. The summed E-state index contributed by atoms with van der Waals surface area (Å²) in [5.41, 5.74) is 9.24. The van der Waals surface area contributed by atoms with Gasteiger partial charge in [-0.1, -0.05) is 23.8 Å². The van der Waals surface area contributed by atoms with Crippen LogP contribution in [0, 0.1) is 0 Å². The number of aromatic nitrogens is 2. The number of benzene rings is 1. The van der Waals surface area contributed by atoms with Crippen molar-refractivity contribution in [3.8, 4) is 0 Å². The summed E-state index contributed by atoms with van der Waals surface area (Å²) in [5, 5.41) is 3.96. The molecule has 19 heavy (non-hydrogen) atoms. The molecule has 98 valence electrons. The van der Waals surface area contributed by atoms with Crippen molar-refractivity contribution in [3.63, 3.8) is 0 Å². The molecule has 0 aliphatic heterocycles. The third kappa shape index (κ3) is 2.25. The van der Waals surface area contributed by atoms with Gasteiger partial charge in [0.05, 0.1) is 11.0 Å². The molecule has 0 bridgehead atoms. The summed E-state index contributed by atoms with van der Waals surface area (Å²) in [6.07, 6.45) is 5.01. The van der Waals surface area contributed by atoms with Gasteiger partial charge in [-0.3, -0.25) is 0 Å². The van der Waals surface area contributed by atoms with E-state index in [2.05, 4.69) is 21.4 Å². The van der Waals surface area contributed by atoms with Gasteiger partial charge in [-0.2, -0.15) is 0 Å². The van der Waals surface area contributed by atoms with Crippen LogP contribution >= 0.6 is 11.6 Å². The second-order valence-electron chi connectivity index (χ2n) is 4.63. The molecule has 0 saturated heterocycles. The molecule has 4 nitrogen and oxygen atoms in total. The van der Waals surface area contributed by atoms with E-state index in [1.807, 2.05) is 31.3 Å². The first-order valence-electron chi connectivity index (χ1n) is 6.18. The maximum absolute atomic E-state index is 6.28. The minimum Gasteiger partial charge on any atom is -0.399 e. The van der Waals surface area contributed by atoms with Crippen LogP contribution in [-0.2, 0) is 0 Å². The number of hydrogen-bond acceptors (Lipinski definition) is 3. The maximum Gasteiger partial charge on any atom is 0.139 e. The molecule has 0 amide bonds. The number of rotatable bonds is 2. The van der Waals surface area contributed by atoms with Crippen LogP contribution in [0.3, 0.4) is 0 Å². The maximum atomic E-state index is 6.28. The van der Waals surface area contributed by atoms with Gasteiger partial charge in [-0.25, -0.2) is 4.98 Å². The van der Waals surface area contributed by atoms with E-state index in [4.69, 9.17) is 17.3 Å². The summed E-state index contributed by atoms with van der Waals surface area (Å²) in [6, 6.07) is 5.91. The highest BCUT2D eigenvalue weighted by atomic mass is 35.5. The number of nitrogens with one attached hydrogen (secondary N) is 2. The van der Waals surface area contributed by atoms with Gasteiger partial charge in [0.25, 0.3) is 0 Å². The van der Waals surface area contributed by atoms with Crippen LogP contribution in [0.15, 0.2) is 35.4 Å². The van der Waals surface area contributed by atoms with Crippen molar-refractivity contribution in [2.24, 2.45) is 0 Å². The molecule has 0 saturated carbocycles. The Bertz CT molecular complexity index is 684. The smallest absolute Gasteiger partial charge is 0.139 e. The minimum atomic E-state index is 0.288. The molecular weight excluding hydrogens is 260 g/mol. The number of nitrogens with two attached hydrogens (primary N) is 1. The van der Waals surface area contributed by atoms with E-state index in [1.165, 1.54) is 0 Å². The highest BCUT2D eigenvalue weighted by Crippen LogP contribution is 2.30. The number of halogens is 1. The number of fused-ring (bicyclic) bond motifs is 1. The molecule has 1 aromatic heterocycles. The number of H-pyrrole nitrogens is 1. The zero-order valence-electron chi connectivity index (χ0n) is 10.6. The Morgan fingerprint density at radius 3 is 3.11 bits per heavy atom. The van der Waals surface area contributed by atoms with Crippen LogP contribution in [0.5, 0.6) is 0 Å². The van der Waals surface area contributed by atoms with Crippen LogP contribution < -0.4 is 11.1 Å². The summed E-state index contributed by atoms with van der Waals surface area (Å²) in [5.74, 6) is 0.779. The number of anilines is 1. The number of hydrogen-bond donors (Lipinski definition) is 3. The summed E-state index contributed by atoms with van der Waals surface area (Å²) in [4.78, 5) is 7.83. The van der Waals surface area contributed by atoms with Gasteiger partial charge in [-0.05, 0) is 31.7 Å². The number of imidazole rings is 1.